The summed E-state index contributed by atoms with van der Waals surface area (Å²) in [4.78, 5) is 21.6. The summed E-state index contributed by atoms with van der Waals surface area (Å²) >= 11 is 0. The standard InChI is InChI=1S/C9H15NO4/c1-2-14-9(11)7-4-3-5-8(6-7)10(12)13/h7-8H,2-6H2,1H3. The maximum Gasteiger partial charge on any atom is 0.309 e. The molecule has 1 aliphatic carbocycles. The number of rotatable bonds is 3. The van der Waals surface area contributed by atoms with Gasteiger partial charge in [0, 0.05) is 17.8 Å². The van der Waals surface area contributed by atoms with Gasteiger partial charge in [0.15, 0.2) is 0 Å². The van der Waals surface area contributed by atoms with Crippen molar-refractivity contribution in [3.8, 4) is 0 Å². The van der Waals surface area contributed by atoms with E-state index in [1.54, 1.807) is 6.92 Å². The van der Waals surface area contributed by atoms with E-state index in [4.69, 9.17) is 4.74 Å². The van der Waals surface area contributed by atoms with Crippen LogP contribution in [0.4, 0.5) is 0 Å². The minimum absolute atomic E-state index is 0.265. The van der Waals surface area contributed by atoms with Crippen LogP contribution in [0.1, 0.15) is 32.6 Å². The second-order valence-electron chi connectivity index (χ2n) is 3.55. The van der Waals surface area contributed by atoms with Crippen molar-refractivity contribution in [3.05, 3.63) is 10.1 Å². The lowest BCUT2D eigenvalue weighted by Gasteiger charge is -2.22. The molecule has 1 fully saturated rings. The molecule has 0 spiro atoms. The first-order valence-electron chi connectivity index (χ1n) is 4.95. The van der Waals surface area contributed by atoms with Gasteiger partial charge < -0.3 is 4.74 Å². The molecule has 0 aromatic heterocycles. The van der Waals surface area contributed by atoms with Gasteiger partial charge in [0.05, 0.1) is 12.5 Å². The van der Waals surface area contributed by atoms with E-state index in [0.29, 0.717) is 19.4 Å². The molecule has 1 aliphatic rings. The molecule has 1 rings (SSSR count). The van der Waals surface area contributed by atoms with Gasteiger partial charge in [-0.25, -0.2) is 0 Å². The Morgan fingerprint density at radius 3 is 2.86 bits per heavy atom. The Morgan fingerprint density at radius 1 is 1.57 bits per heavy atom. The smallest absolute Gasteiger partial charge is 0.309 e. The summed E-state index contributed by atoms with van der Waals surface area (Å²) in [7, 11) is 0. The van der Waals surface area contributed by atoms with E-state index in [9.17, 15) is 14.9 Å². The largest absolute Gasteiger partial charge is 0.466 e. The maximum atomic E-state index is 11.3. The third-order valence-corrected chi connectivity index (χ3v) is 2.56. The summed E-state index contributed by atoms with van der Waals surface area (Å²) in [6, 6.07) is -0.557. The van der Waals surface area contributed by atoms with Gasteiger partial charge in [0.1, 0.15) is 0 Å². The van der Waals surface area contributed by atoms with Crippen LogP contribution in [-0.2, 0) is 9.53 Å². The van der Waals surface area contributed by atoms with Gasteiger partial charge in [-0.3, -0.25) is 14.9 Å². The van der Waals surface area contributed by atoms with Crippen LogP contribution in [0.5, 0.6) is 0 Å². The number of nitrogens with zero attached hydrogens (tertiary/aromatic N) is 1. The molecule has 0 radical (unpaired) electrons. The Labute approximate surface area is 82.6 Å². The first kappa shape index (κ1) is 10.9. The summed E-state index contributed by atoms with van der Waals surface area (Å²) in [6.07, 6.45) is 2.40. The van der Waals surface area contributed by atoms with Gasteiger partial charge >= 0.3 is 5.97 Å². The lowest BCUT2D eigenvalue weighted by atomic mass is 9.86. The zero-order valence-electron chi connectivity index (χ0n) is 8.27. The fourth-order valence-corrected chi connectivity index (χ4v) is 1.83. The van der Waals surface area contributed by atoms with Crippen LogP contribution in [0.3, 0.4) is 0 Å². The van der Waals surface area contributed by atoms with E-state index in [1.807, 2.05) is 0 Å². The molecule has 5 nitrogen and oxygen atoms in total. The first-order valence-corrected chi connectivity index (χ1v) is 4.95. The van der Waals surface area contributed by atoms with Crippen molar-refractivity contribution in [2.75, 3.05) is 6.61 Å². The minimum atomic E-state index is -0.557. The second-order valence-corrected chi connectivity index (χ2v) is 3.55. The molecular weight excluding hydrogens is 186 g/mol. The lowest BCUT2D eigenvalue weighted by Crippen LogP contribution is -2.31. The van der Waals surface area contributed by atoms with Gasteiger partial charge in [-0.1, -0.05) is 0 Å². The summed E-state index contributed by atoms with van der Waals surface area (Å²) in [5.74, 6) is -0.543. The third-order valence-electron chi connectivity index (χ3n) is 2.56. The average molecular weight is 201 g/mol. The van der Waals surface area contributed by atoms with Crippen LogP contribution < -0.4 is 0 Å². The summed E-state index contributed by atoms with van der Waals surface area (Å²) in [5.41, 5.74) is 0. The van der Waals surface area contributed by atoms with Crippen LogP contribution >= 0.6 is 0 Å². The predicted octanol–water partition coefficient (Wildman–Crippen LogP) is 1.39. The Bertz CT molecular complexity index is 229. The third kappa shape index (κ3) is 2.68. The number of ether oxygens (including phenoxy) is 1. The van der Waals surface area contributed by atoms with E-state index in [2.05, 4.69) is 0 Å². The van der Waals surface area contributed by atoms with E-state index < -0.39 is 6.04 Å². The fourth-order valence-electron chi connectivity index (χ4n) is 1.83. The highest BCUT2D eigenvalue weighted by Crippen LogP contribution is 2.26. The van der Waals surface area contributed by atoms with Crippen molar-refractivity contribution in [2.24, 2.45) is 5.92 Å². The Morgan fingerprint density at radius 2 is 2.29 bits per heavy atom. The molecule has 0 bridgehead atoms. The van der Waals surface area contributed by atoms with E-state index >= 15 is 0 Å². The Hall–Kier alpha value is -1.13. The summed E-state index contributed by atoms with van der Waals surface area (Å²) in [6.45, 7) is 2.09. The molecule has 0 heterocycles. The van der Waals surface area contributed by atoms with E-state index in [-0.39, 0.29) is 16.8 Å². The normalized spacial score (nSPS) is 26.9. The van der Waals surface area contributed by atoms with Crippen molar-refractivity contribution >= 4 is 5.97 Å². The van der Waals surface area contributed by atoms with E-state index in [1.165, 1.54) is 0 Å². The molecule has 0 aromatic rings. The fraction of sp³-hybridized carbons (Fsp3) is 0.889. The predicted molar refractivity (Wildman–Crippen MR) is 49.4 cm³/mol. The van der Waals surface area contributed by atoms with Gasteiger partial charge in [-0.2, -0.15) is 0 Å². The van der Waals surface area contributed by atoms with Gasteiger partial charge in [0.25, 0.3) is 0 Å². The highest BCUT2D eigenvalue weighted by Gasteiger charge is 2.34. The monoisotopic (exact) mass is 201 g/mol. The molecule has 0 aromatic carbocycles. The number of esters is 1. The van der Waals surface area contributed by atoms with Gasteiger partial charge in [-0.15, -0.1) is 0 Å². The molecule has 0 aliphatic heterocycles. The second kappa shape index (κ2) is 4.93. The van der Waals surface area contributed by atoms with Gasteiger partial charge in [-0.05, 0) is 19.8 Å². The number of hydrogen-bond donors (Lipinski definition) is 0. The van der Waals surface area contributed by atoms with Crippen LogP contribution in [0.15, 0.2) is 0 Å². The SMILES string of the molecule is CCOC(=O)C1CCCC([N+](=O)[O-])C1. The molecule has 2 unspecified atom stereocenters. The van der Waals surface area contributed by atoms with Crippen molar-refractivity contribution in [3.63, 3.8) is 0 Å². The van der Waals surface area contributed by atoms with E-state index in [0.717, 1.165) is 12.8 Å². The lowest BCUT2D eigenvalue weighted by molar-refractivity contribution is -0.527. The molecule has 14 heavy (non-hydrogen) atoms. The van der Waals surface area contributed by atoms with Gasteiger partial charge in [0.2, 0.25) is 6.04 Å². The molecule has 2 atom stereocenters. The number of carbonyl (C=O) groups excluding carboxylic acids is 1. The highest BCUT2D eigenvalue weighted by molar-refractivity contribution is 5.72. The number of carbonyl (C=O) groups is 1. The number of hydrogen-bond acceptors (Lipinski definition) is 4. The molecule has 0 N–H and O–H groups in total. The molecule has 0 amide bonds. The molecule has 80 valence electrons. The van der Waals surface area contributed by atoms with Crippen LogP contribution in [0.2, 0.25) is 0 Å². The maximum absolute atomic E-state index is 11.3. The van der Waals surface area contributed by atoms with Crippen LogP contribution in [0, 0.1) is 16.0 Å². The molecule has 5 heteroatoms. The Kier molecular flexibility index (Phi) is 3.85. The van der Waals surface area contributed by atoms with Crippen LogP contribution in [-0.4, -0.2) is 23.5 Å². The quantitative estimate of drug-likeness (QED) is 0.393. The molecular formula is C9H15NO4. The highest BCUT2D eigenvalue weighted by atomic mass is 16.6. The number of nitro groups is 1. The van der Waals surface area contributed by atoms with Crippen molar-refractivity contribution in [1.82, 2.24) is 0 Å². The molecule has 1 saturated carbocycles. The van der Waals surface area contributed by atoms with Crippen molar-refractivity contribution in [1.29, 1.82) is 0 Å². The van der Waals surface area contributed by atoms with Crippen LogP contribution in [0.25, 0.3) is 0 Å². The summed E-state index contributed by atoms with van der Waals surface area (Å²) < 4.78 is 4.85. The minimum Gasteiger partial charge on any atom is -0.466 e. The van der Waals surface area contributed by atoms with Crippen molar-refractivity contribution in [2.45, 2.75) is 38.6 Å². The average Bonchev–Trinajstić information content (AvgIpc) is 2.18. The molecule has 0 saturated heterocycles. The first-order chi connectivity index (χ1) is 6.65. The zero-order valence-corrected chi connectivity index (χ0v) is 8.27. The summed E-state index contributed by atoms with van der Waals surface area (Å²) in [5, 5.41) is 10.5. The Balaban J connectivity index is 2.47. The zero-order chi connectivity index (χ0) is 10.6. The topological polar surface area (TPSA) is 69.4 Å². The van der Waals surface area contributed by atoms with Crippen molar-refractivity contribution < 1.29 is 14.5 Å².